The number of hydrogen-bond acceptors (Lipinski definition) is 3. The molecule has 0 aliphatic heterocycles. The van der Waals surface area contributed by atoms with E-state index in [4.69, 9.17) is 0 Å². The summed E-state index contributed by atoms with van der Waals surface area (Å²) in [7, 11) is -1.96. The Morgan fingerprint density at radius 3 is 2.27 bits per heavy atom. The third-order valence-corrected chi connectivity index (χ3v) is 4.38. The van der Waals surface area contributed by atoms with Gasteiger partial charge in [0, 0.05) is 0 Å². The van der Waals surface area contributed by atoms with Gasteiger partial charge in [0.05, 0.1) is 12.9 Å². The van der Waals surface area contributed by atoms with Gasteiger partial charge in [-0.2, -0.15) is 8.42 Å². The molecule has 4 heteroatoms. The second-order valence-corrected chi connectivity index (χ2v) is 5.58. The zero-order chi connectivity index (χ0) is 8.11. The molecule has 0 heterocycles. The molecule has 3 saturated carbocycles. The summed E-state index contributed by atoms with van der Waals surface area (Å²) in [4.78, 5) is 0. The van der Waals surface area contributed by atoms with Crippen LogP contribution in [0.3, 0.4) is 0 Å². The summed E-state index contributed by atoms with van der Waals surface area (Å²) in [5, 5.41) is 0. The third-order valence-electron chi connectivity index (χ3n) is 2.90. The first-order chi connectivity index (χ1) is 5.05. The molecule has 0 saturated heterocycles. The van der Waals surface area contributed by atoms with Crippen molar-refractivity contribution in [1.29, 1.82) is 0 Å². The largest absolute Gasteiger partial charge is 0.273 e. The van der Waals surface area contributed by atoms with Gasteiger partial charge in [-0.25, -0.2) is 0 Å². The fourth-order valence-electron chi connectivity index (χ4n) is 2.27. The lowest BCUT2D eigenvalue weighted by molar-refractivity contribution is -0.0858. The molecule has 3 rings (SSSR count). The van der Waals surface area contributed by atoms with Crippen molar-refractivity contribution in [2.24, 2.45) is 11.3 Å². The maximum absolute atomic E-state index is 11.0. The Balaban J connectivity index is 2.00. The molecule has 0 atom stereocenters. The van der Waals surface area contributed by atoms with Crippen LogP contribution in [0.5, 0.6) is 0 Å². The summed E-state index contributed by atoms with van der Waals surface area (Å²) in [5.74, 6) is 1.08. The molecule has 3 fully saturated rings. The topological polar surface area (TPSA) is 43.4 Å². The molecule has 0 spiro atoms. The van der Waals surface area contributed by atoms with E-state index in [0.717, 1.165) is 25.2 Å². The van der Waals surface area contributed by atoms with Gasteiger partial charge in [-0.3, -0.25) is 4.18 Å². The molecule has 11 heavy (non-hydrogen) atoms. The Morgan fingerprint density at radius 1 is 1.45 bits per heavy atom. The molecule has 3 aliphatic rings. The SMILES string of the molecule is COS(=O)(=O)CC12CC(C1)C2. The van der Waals surface area contributed by atoms with Gasteiger partial charge in [0.2, 0.25) is 0 Å². The number of hydrogen-bond donors (Lipinski definition) is 0. The van der Waals surface area contributed by atoms with Crippen LogP contribution in [0.1, 0.15) is 19.3 Å². The summed E-state index contributed by atoms with van der Waals surface area (Å²) < 4.78 is 26.4. The van der Waals surface area contributed by atoms with Crippen molar-refractivity contribution in [3.8, 4) is 0 Å². The van der Waals surface area contributed by atoms with Crippen LogP contribution >= 0.6 is 0 Å². The molecular formula is C7H12O3S. The smallest absolute Gasteiger partial charge is 0.267 e. The van der Waals surface area contributed by atoms with Crippen molar-refractivity contribution >= 4 is 10.1 Å². The monoisotopic (exact) mass is 176 g/mol. The highest BCUT2D eigenvalue weighted by Crippen LogP contribution is 2.64. The van der Waals surface area contributed by atoms with Crippen molar-refractivity contribution in [2.75, 3.05) is 12.9 Å². The van der Waals surface area contributed by atoms with E-state index in [1.807, 2.05) is 0 Å². The molecule has 0 amide bonds. The average Bonchev–Trinajstić information content (AvgIpc) is 1.77. The first-order valence-corrected chi connectivity index (χ1v) is 5.41. The summed E-state index contributed by atoms with van der Waals surface area (Å²) in [6, 6.07) is 0. The van der Waals surface area contributed by atoms with E-state index < -0.39 is 10.1 Å². The minimum atomic E-state index is -3.20. The third kappa shape index (κ3) is 1.08. The van der Waals surface area contributed by atoms with E-state index in [2.05, 4.69) is 4.18 Å². The van der Waals surface area contributed by atoms with Crippen LogP contribution in [-0.2, 0) is 14.3 Å². The van der Waals surface area contributed by atoms with E-state index >= 15 is 0 Å². The van der Waals surface area contributed by atoms with Crippen LogP contribution in [0.15, 0.2) is 0 Å². The Bertz CT molecular complexity index is 250. The summed E-state index contributed by atoms with van der Waals surface area (Å²) in [6.07, 6.45) is 3.32. The van der Waals surface area contributed by atoms with Gasteiger partial charge in [0.1, 0.15) is 0 Å². The predicted octanol–water partition coefficient (Wildman–Crippen LogP) is 0.763. The zero-order valence-corrected chi connectivity index (χ0v) is 7.36. The molecule has 2 bridgehead atoms. The maximum atomic E-state index is 11.0. The molecule has 64 valence electrons. The normalized spacial score (nSPS) is 41.0. The highest BCUT2D eigenvalue weighted by molar-refractivity contribution is 7.86. The molecule has 0 radical (unpaired) electrons. The highest BCUT2D eigenvalue weighted by Gasteiger charge is 2.58. The van der Waals surface area contributed by atoms with Crippen LogP contribution in [0.2, 0.25) is 0 Å². The summed E-state index contributed by atoms with van der Waals surface area (Å²) in [6.45, 7) is 0. The molecule has 0 aromatic carbocycles. The minimum Gasteiger partial charge on any atom is -0.273 e. The first-order valence-electron chi connectivity index (χ1n) is 3.84. The molecule has 0 N–H and O–H groups in total. The Kier molecular flexibility index (Phi) is 1.36. The van der Waals surface area contributed by atoms with E-state index in [-0.39, 0.29) is 11.2 Å². The molecule has 3 nitrogen and oxygen atoms in total. The van der Waals surface area contributed by atoms with Crippen molar-refractivity contribution in [1.82, 2.24) is 0 Å². The van der Waals surface area contributed by atoms with E-state index in [9.17, 15) is 8.42 Å². The Morgan fingerprint density at radius 2 is 2.00 bits per heavy atom. The van der Waals surface area contributed by atoms with Gasteiger partial charge in [-0.05, 0) is 30.6 Å². The van der Waals surface area contributed by atoms with Crippen LogP contribution in [0.4, 0.5) is 0 Å². The lowest BCUT2D eigenvalue weighted by atomic mass is 9.45. The van der Waals surface area contributed by atoms with E-state index in [0.29, 0.717) is 0 Å². The second kappa shape index (κ2) is 1.98. The fourth-order valence-corrected chi connectivity index (χ4v) is 3.49. The Labute approximate surface area is 66.9 Å². The van der Waals surface area contributed by atoms with Crippen LogP contribution in [-0.4, -0.2) is 21.3 Å². The second-order valence-electron chi connectivity index (χ2n) is 3.85. The van der Waals surface area contributed by atoms with Crippen LogP contribution in [0, 0.1) is 11.3 Å². The first kappa shape index (κ1) is 7.55. The standard InChI is InChI=1S/C7H12O3S/c1-10-11(8,9)5-7-2-6(3-7)4-7/h6H,2-5H2,1H3. The van der Waals surface area contributed by atoms with Gasteiger partial charge >= 0.3 is 0 Å². The van der Waals surface area contributed by atoms with Gasteiger partial charge in [0.25, 0.3) is 10.1 Å². The fraction of sp³-hybridized carbons (Fsp3) is 1.00. The van der Waals surface area contributed by atoms with E-state index in [1.165, 1.54) is 7.11 Å². The summed E-state index contributed by atoms with van der Waals surface area (Å²) >= 11 is 0. The molecule has 0 aromatic heterocycles. The lowest BCUT2D eigenvalue weighted by Crippen LogP contribution is -2.55. The molecule has 0 aromatic rings. The van der Waals surface area contributed by atoms with Gasteiger partial charge in [-0.15, -0.1) is 0 Å². The van der Waals surface area contributed by atoms with Gasteiger partial charge < -0.3 is 0 Å². The molecule has 3 aliphatic carbocycles. The van der Waals surface area contributed by atoms with Crippen LogP contribution in [0.25, 0.3) is 0 Å². The number of rotatable bonds is 3. The Hall–Kier alpha value is -0.0900. The van der Waals surface area contributed by atoms with Gasteiger partial charge in [-0.1, -0.05) is 0 Å². The van der Waals surface area contributed by atoms with Crippen LogP contribution < -0.4 is 0 Å². The average molecular weight is 176 g/mol. The van der Waals surface area contributed by atoms with E-state index in [1.54, 1.807) is 0 Å². The summed E-state index contributed by atoms with van der Waals surface area (Å²) in [5.41, 5.74) is 0.138. The molecule has 0 unspecified atom stereocenters. The highest BCUT2D eigenvalue weighted by atomic mass is 32.2. The predicted molar refractivity (Wildman–Crippen MR) is 40.6 cm³/mol. The van der Waals surface area contributed by atoms with Crippen molar-refractivity contribution in [3.05, 3.63) is 0 Å². The molecular weight excluding hydrogens is 164 g/mol. The lowest BCUT2D eigenvalue weighted by Gasteiger charge is -2.61. The van der Waals surface area contributed by atoms with Crippen molar-refractivity contribution in [3.63, 3.8) is 0 Å². The minimum absolute atomic E-state index is 0.138. The quantitative estimate of drug-likeness (QED) is 0.596. The zero-order valence-electron chi connectivity index (χ0n) is 6.54. The van der Waals surface area contributed by atoms with Gasteiger partial charge in [0.15, 0.2) is 0 Å². The van der Waals surface area contributed by atoms with Crippen molar-refractivity contribution < 1.29 is 12.6 Å². The maximum Gasteiger partial charge on any atom is 0.267 e. The van der Waals surface area contributed by atoms with Crippen molar-refractivity contribution in [2.45, 2.75) is 19.3 Å².